The molecule has 0 aliphatic carbocycles. The zero-order chi connectivity index (χ0) is 23.3. The van der Waals surface area contributed by atoms with Gasteiger partial charge in [-0.15, -0.1) is 23.1 Å². The van der Waals surface area contributed by atoms with Crippen molar-refractivity contribution < 1.29 is 14.7 Å². The smallest absolute Gasteiger partial charge is 0.328 e. The van der Waals surface area contributed by atoms with Crippen LogP contribution in [0.3, 0.4) is 0 Å². The highest BCUT2D eigenvalue weighted by molar-refractivity contribution is 7.98. The van der Waals surface area contributed by atoms with Crippen molar-refractivity contribution in [2.24, 2.45) is 5.92 Å². The van der Waals surface area contributed by atoms with E-state index in [4.69, 9.17) is 4.98 Å². The Labute approximate surface area is 196 Å². The number of hydrogen-bond acceptors (Lipinski definition) is 7. The molecule has 0 aliphatic heterocycles. The van der Waals surface area contributed by atoms with E-state index >= 15 is 0 Å². The fourth-order valence-electron chi connectivity index (χ4n) is 3.10. The topological polar surface area (TPSA) is 105 Å². The van der Waals surface area contributed by atoms with Gasteiger partial charge in [-0.2, -0.15) is 0 Å². The Hall–Kier alpha value is -2.52. The summed E-state index contributed by atoms with van der Waals surface area (Å²) >= 11 is 3.22. The van der Waals surface area contributed by atoms with E-state index in [0.717, 1.165) is 51.6 Å². The highest BCUT2D eigenvalue weighted by Crippen LogP contribution is 2.26. The van der Waals surface area contributed by atoms with Crippen molar-refractivity contribution in [1.82, 2.24) is 20.3 Å². The van der Waals surface area contributed by atoms with Crippen molar-refractivity contribution in [2.75, 3.05) is 6.26 Å². The van der Waals surface area contributed by atoms with Gasteiger partial charge in [-0.3, -0.25) is 4.79 Å². The van der Waals surface area contributed by atoms with E-state index in [0.29, 0.717) is 11.5 Å². The van der Waals surface area contributed by atoms with Crippen molar-refractivity contribution in [3.63, 3.8) is 0 Å². The molecule has 2 heterocycles. The Kier molecular flexibility index (Phi) is 7.84. The number of nitrogens with one attached hydrogen (secondary N) is 1. The number of carboxylic acids is 1. The maximum Gasteiger partial charge on any atom is 0.328 e. The molecule has 0 saturated carbocycles. The van der Waals surface area contributed by atoms with Crippen molar-refractivity contribution in [1.29, 1.82) is 0 Å². The van der Waals surface area contributed by atoms with E-state index in [1.807, 2.05) is 24.7 Å². The van der Waals surface area contributed by atoms with Crippen molar-refractivity contribution >= 4 is 45.2 Å². The molecule has 2 N–H and O–H groups in total. The second-order valence-electron chi connectivity index (χ2n) is 8.40. The monoisotopic (exact) mass is 472 g/mol. The molecule has 0 fully saturated rings. The number of rotatable bonds is 10. The Morgan fingerprint density at radius 2 is 1.88 bits per heavy atom. The van der Waals surface area contributed by atoms with E-state index < -0.39 is 17.4 Å². The predicted molar refractivity (Wildman–Crippen MR) is 128 cm³/mol. The summed E-state index contributed by atoms with van der Waals surface area (Å²) in [5.41, 5.74) is -0.0415. The number of nitrogens with zero attached hydrogens (tertiary/aromatic N) is 3. The van der Waals surface area contributed by atoms with Gasteiger partial charge in [-0.05, 0) is 63.5 Å². The third kappa shape index (κ3) is 6.26. The fraction of sp³-hybridized carbons (Fsp3) is 0.435. The summed E-state index contributed by atoms with van der Waals surface area (Å²) in [7, 11) is 0. The quantitative estimate of drug-likeness (QED) is 0.415. The number of aliphatic carboxylic acids is 1. The molecular formula is C23H28N4O3S2. The molecule has 3 rings (SSSR count). The van der Waals surface area contributed by atoms with Gasteiger partial charge in [0.05, 0.1) is 15.2 Å². The summed E-state index contributed by atoms with van der Waals surface area (Å²) in [6.45, 7) is 5.16. The number of aryl methyl sites for hydroxylation is 2. The third-order valence-electron chi connectivity index (χ3n) is 5.28. The molecule has 0 unspecified atom stereocenters. The van der Waals surface area contributed by atoms with Crippen molar-refractivity contribution in [2.45, 2.75) is 56.9 Å². The van der Waals surface area contributed by atoms with Gasteiger partial charge in [-0.25, -0.2) is 19.7 Å². The van der Waals surface area contributed by atoms with E-state index in [9.17, 15) is 14.7 Å². The van der Waals surface area contributed by atoms with Gasteiger partial charge in [-0.1, -0.05) is 6.92 Å². The van der Waals surface area contributed by atoms with Crippen LogP contribution in [-0.4, -0.2) is 43.7 Å². The number of thiazole rings is 1. The fourth-order valence-corrected chi connectivity index (χ4v) is 4.44. The summed E-state index contributed by atoms with van der Waals surface area (Å²) in [5.74, 6) is -0.0859. The minimum absolute atomic E-state index is 0.407. The summed E-state index contributed by atoms with van der Waals surface area (Å²) in [4.78, 5) is 38.3. The van der Waals surface area contributed by atoms with Crippen LogP contribution in [-0.2, 0) is 17.6 Å². The minimum Gasteiger partial charge on any atom is -0.480 e. The Balaban J connectivity index is 1.56. The van der Waals surface area contributed by atoms with E-state index in [2.05, 4.69) is 22.2 Å². The number of carbonyl (C=O) groups excluding carboxylic acids is 1. The highest BCUT2D eigenvalue weighted by atomic mass is 32.2. The van der Waals surface area contributed by atoms with E-state index in [1.54, 1.807) is 35.2 Å². The van der Waals surface area contributed by atoms with Crippen LogP contribution >= 0.6 is 23.1 Å². The number of amides is 1. The molecule has 0 radical (unpaired) electrons. The van der Waals surface area contributed by atoms with Crippen LogP contribution < -0.4 is 5.32 Å². The predicted octanol–water partition coefficient (Wildman–Crippen LogP) is 4.60. The molecule has 7 nitrogen and oxygen atoms in total. The summed E-state index contributed by atoms with van der Waals surface area (Å²) in [6, 6.07) is 5.28. The van der Waals surface area contributed by atoms with Gasteiger partial charge in [0.1, 0.15) is 11.4 Å². The average Bonchev–Trinajstić information content (AvgIpc) is 3.18. The van der Waals surface area contributed by atoms with Gasteiger partial charge in [0.25, 0.3) is 5.91 Å². The standard InChI is InChI=1S/C23H28N4O3S2/c1-14(5-9-19-24-12-16(31-4)13-25-19)6-10-20-26-17-8-7-15(11-18(17)32-20)21(28)27-23(2,3)22(29)30/h7-8,11-14H,5-6,9-10H2,1-4H3,(H,27,28)(H,29,30)/t14-/m0/s1. The Bertz CT molecular complexity index is 1100. The van der Waals surface area contributed by atoms with Crippen molar-refractivity contribution in [3.05, 3.63) is 47.0 Å². The molecule has 2 aromatic heterocycles. The van der Waals surface area contributed by atoms with Crippen LogP contribution in [0.2, 0.25) is 0 Å². The zero-order valence-electron chi connectivity index (χ0n) is 18.7. The number of carboxylic acid groups (broad SMARTS) is 1. The molecule has 0 spiro atoms. The molecule has 1 atom stereocenters. The van der Waals surface area contributed by atoms with Gasteiger partial charge in [0.15, 0.2) is 0 Å². The molecule has 0 bridgehead atoms. The lowest BCUT2D eigenvalue weighted by Crippen LogP contribution is -2.49. The van der Waals surface area contributed by atoms with Crippen LogP contribution in [0.5, 0.6) is 0 Å². The van der Waals surface area contributed by atoms with Crippen molar-refractivity contribution in [3.8, 4) is 0 Å². The number of hydrogen-bond donors (Lipinski definition) is 2. The van der Waals surface area contributed by atoms with Crippen LogP contribution in [0, 0.1) is 5.92 Å². The Morgan fingerprint density at radius 1 is 1.19 bits per heavy atom. The van der Waals surface area contributed by atoms with Crippen LogP contribution in [0.1, 0.15) is 54.8 Å². The molecule has 1 aromatic carbocycles. The number of aromatic nitrogens is 3. The summed E-state index contributed by atoms with van der Waals surface area (Å²) in [5, 5.41) is 12.8. The molecule has 170 valence electrons. The number of thioether (sulfide) groups is 1. The average molecular weight is 473 g/mol. The Morgan fingerprint density at radius 3 is 2.53 bits per heavy atom. The molecular weight excluding hydrogens is 444 g/mol. The second-order valence-corrected chi connectivity index (χ2v) is 10.4. The summed E-state index contributed by atoms with van der Waals surface area (Å²) in [6.07, 6.45) is 9.53. The van der Waals surface area contributed by atoms with Gasteiger partial charge >= 0.3 is 5.97 Å². The molecule has 32 heavy (non-hydrogen) atoms. The molecule has 0 saturated heterocycles. The molecule has 1 amide bonds. The number of benzene rings is 1. The normalized spacial score (nSPS) is 12.6. The van der Waals surface area contributed by atoms with E-state index in [1.165, 1.54) is 13.8 Å². The number of fused-ring (bicyclic) bond motifs is 1. The maximum absolute atomic E-state index is 12.5. The number of carbonyl (C=O) groups is 2. The maximum atomic E-state index is 12.5. The first kappa shape index (κ1) is 24.1. The first-order chi connectivity index (χ1) is 15.2. The minimum atomic E-state index is -1.33. The lowest BCUT2D eigenvalue weighted by atomic mass is 10.00. The zero-order valence-corrected chi connectivity index (χ0v) is 20.3. The van der Waals surface area contributed by atoms with Crippen LogP contribution in [0.25, 0.3) is 10.2 Å². The van der Waals surface area contributed by atoms with Gasteiger partial charge in [0, 0.05) is 29.3 Å². The van der Waals surface area contributed by atoms with Crippen LogP contribution in [0.15, 0.2) is 35.5 Å². The van der Waals surface area contributed by atoms with Gasteiger partial charge < -0.3 is 10.4 Å². The van der Waals surface area contributed by atoms with E-state index in [-0.39, 0.29) is 0 Å². The first-order valence-electron chi connectivity index (χ1n) is 10.5. The molecule has 0 aliphatic rings. The molecule has 9 heteroatoms. The largest absolute Gasteiger partial charge is 0.480 e. The second kappa shape index (κ2) is 10.4. The molecule has 3 aromatic rings. The lowest BCUT2D eigenvalue weighted by Gasteiger charge is -2.20. The summed E-state index contributed by atoms with van der Waals surface area (Å²) < 4.78 is 0.927. The van der Waals surface area contributed by atoms with Crippen LogP contribution in [0.4, 0.5) is 0 Å². The highest BCUT2D eigenvalue weighted by Gasteiger charge is 2.29. The first-order valence-corrected chi connectivity index (χ1v) is 12.5. The van der Waals surface area contributed by atoms with Gasteiger partial charge in [0.2, 0.25) is 0 Å². The third-order valence-corrected chi connectivity index (χ3v) is 7.04. The SMILES string of the molecule is CSc1cnc(CC[C@H](C)CCc2nc3ccc(C(=O)NC(C)(C)C(=O)O)cc3s2)nc1. The lowest BCUT2D eigenvalue weighted by molar-refractivity contribution is -0.143.